The molecule has 1 atom stereocenters. The van der Waals surface area contributed by atoms with Gasteiger partial charge in [0.05, 0.1) is 18.2 Å². The third kappa shape index (κ3) is 4.79. The molecule has 0 fully saturated rings. The molecule has 24 heavy (non-hydrogen) atoms. The van der Waals surface area contributed by atoms with Crippen LogP contribution in [0.3, 0.4) is 0 Å². The summed E-state index contributed by atoms with van der Waals surface area (Å²) in [4.78, 5) is 12.1. The number of benzene rings is 2. The number of nitrogens with one attached hydrogen (secondary N) is 1. The topological polar surface area (TPSA) is 47.6 Å². The number of aryl methyl sites for hydroxylation is 1. The van der Waals surface area contributed by atoms with E-state index in [1.54, 1.807) is 25.3 Å². The largest absolute Gasteiger partial charge is 0.496 e. The van der Waals surface area contributed by atoms with Crippen molar-refractivity contribution in [3.8, 4) is 11.5 Å². The van der Waals surface area contributed by atoms with Gasteiger partial charge in [-0.05, 0) is 38.1 Å². The lowest BCUT2D eigenvalue weighted by Crippen LogP contribution is -2.31. The summed E-state index contributed by atoms with van der Waals surface area (Å²) in [5, 5.41) is 3.76. The molecule has 2 aromatic rings. The average molecular weight is 368 g/mol. The minimum atomic E-state index is -0.253. The Morgan fingerprint density at radius 1 is 1.17 bits per heavy atom. The van der Waals surface area contributed by atoms with Crippen LogP contribution in [0.1, 0.15) is 24.1 Å². The van der Waals surface area contributed by atoms with Gasteiger partial charge in [0, 0.05) is 10.6 Å². The number of hydrogen-bond donors (Lipinski definition) is 1. The van der Waals surface area contributed by atoms with Crippen LogP contribution in [0, 0.1) is 6.92 Å². The number of amides is 1. The van der Waals surface area contributed by atoms with Gasteiger partial charge in [0.1, 0.15) is 11.5 Å². The smallest absolute Gasteiger partial charge is 0.258 e. The second-order valence-corrected chi connectivity index (χ2v) is 6.24. The standard InChI is InChI=1S/C18H19Cl2NO3/c1-11-4-6-16(23-3)14(8-11)12(2)21-18(22)10-24-17-7-5-13(19)9-15(17)20/h4-9,12H,10H2,1-3H3,(H,21,22)/t12-/m0/s1. The Labute approximate surface area is 151 Å². The summed E-state index contributed by atoms with van der Waals surface area (Å²) in [5.74, 6) is 0.893. The van der Waals surface area contributed by atoms with E-state index in [1.165, 1.54) is 0 Å². The molecule has 2 rings (SSSR count). The van der Waals surface area contributed by atoms with Gasteiger partial charge in [-0.15, -0.1) is 0 Å². The fourth-order valence-corrected chi connectivity index (χ4v) is 2.75. The number of ether oxygens (including phenoxy) is 2. The van der Waals surface area contributed by atoms with Crippen LogP contribution in [0.15, 0.2) is 36.4 Å². The third-order valence-electron chi connectivity index (χ3n) is 3.48. The molecule has 0 aliphatic rings. The second-order valence-electron chi connectivity index (χ2n) is 5.40. The molecule has 6 heteroatoms. The third-order valence-corrected chi connectivity index (χ3v) is 4.01. The first-order valence-electron chi connectivity index (χ1n) is 7.42. The van der Waals surface area contributed by atoms with E-state index >= 15 is 0 Å². The number of carbonyl (C=O) groups is 1. The Balaban J connectivity index is 1.98. The maximum atomic E-state index is 12.1. The van der Waals surface area contributed by atoms with Gasteiger partial charge in [-0.2, -0.15) is 0 Å². The van der Waals surface area contributed by atoms with Crippen LogP contribution in [0.4, 0.5) is 0 Å². The molecule has 1 amide bonds. The van der Waals surface area contributed by atoms with E-state index in [1.807, 2.05) is 32.0 Å². The van der Waals surface area contributed by atoms with Crippen LogP contribution in [0.25, 0.3) is 0 Å². The molecule has 0 unspecified atom stereocenters. The molecule has 1 N–H and O–H groups in total. The normalized spacial score (nSPS) is 11.7. The summed E-state index contributed by atoms with van der Waals surface area (Å²) in [6, 6.07) is 10.5. The summed E-state index contributed by atoms with van der Waals surface area (Å²) in [6.45, 7) is 3.74. The Bertz CT molecular complexity index is 734. The van der Waals surface area contributed by atoms with E-state index < -0.39 is 0 Å². The molecule has 2 aromatic carbocycles. The predicted molar refractivity (Wildman–Crippen MR) is 96.2 cm³/mol. The molecular formula is C18H19Cl2NO3. The van der Waals surface area contributed by atoms with Crippen molar-refractivity contribution in [3.05, 3.63) is 57.6 Å². The quantitative estimate of drug-likeness (QED) is 0.813. The monoisotopic (exact) mass is 367 g/mol. The summed E-state index contributed by atoms with van der Waals surface area (Å²) in [6.07, 6.45) is 0. The Morgan fingerprint density at radius 3 is 2.54 bits per heavy atom. The van der Waals surface area contributed by atoms with E-state index in [-0.39, 0.29) is 18.6 Å². The molecule has 0 radical (unpaired) electrons. The number of methoxy groups -OCH3 is 1. The van der Waals surface area contributed by atoms with Crippen LogP contribution in [-0.2, 0) is 4.79 Å². The Morgan fingerprint density at radius 2 is 1.88 bits per heavy atom. The molecule has 0 saturated carbocycles. The van der Waals surface area contributed by atoms with Crippen molar-refractivity contribution in [2.45, 2.75) is 19.9 Å². The van der Waals surface area contributed by atoms with Gasteiger partial charge in [0.15, 0.2) is 6.61 Å². The first-order chi connectivity index (χ1) is 11.4. The van der Waals surface area contributed by atoms with Gasteiger partial charge in [0.2, 0.25) is 0 Å². The maximum absolute atomic E-state index is 12.1. The van der Waals surface area contributed by atoms with Gasteiger partial charge in [-0.3, -0.25) is 4.79 Å². The highest BCUT2D eigenvalue weighted by Crippen LogP contribution is 2.28. The predicted octanol–water partition coefficient (Wildman–Crippen LogP) is 4.57. The van der Waals surface area contributed by atoms with Crippen molar-refractivity contribution >= 4 is 29.1 Å². The van der Waals surface area contributed by atoms with E-state index in [9.17, 15) is 4.79 Å². The summed E-state index contributed by atoms with van der Waals surface area (Å²) in [5.41, 5.74) is 2.01. The molecule has 0 heterocycles. The number of hydrogen-bond acceptors (Lipinski definition) is 3. The molecule has 0 aliphatic heterocycles. The lowest BCUT2D eigenvalue weighted by molar-refractivity contribution is -0.123. The lowest BCUT2D eigenvalue weighted by Gasteiger charge is -2.18. The number of rotatable bonds is 6. The number of halogens is 2. The molecule has 4 nitrogen and oxygen atoms in total. The van der Waals surface area contributed by atoms with Crippen molar-refractivity contribution in [2.75, 3.05) is 13.7 Å². The van der Waals surface area contributed by atoms with Crippen LogP contribution >= 0.6 is 23.2 Å². The minimum Gasteiger partial charge on any atom is -0.496 e. The van der Waals surface area contributed by atoms with Crippen molar-refractivity contribution < 1.29 is 14.3 Å². The van der Waals surface area contributed by atoms with Crippen LogP contribution in [0.2, 0.25) is 10.0 Å². The Hall–Kier alpha value is -1.91. The summed E-state index contributed by atoms with van der Waals surface area (Å²) >= 11 is 11.8. The zero-order valence-electron chi connectivity index (χ0n) is 13.7. The highest BCUT2D eigenvalue weighted by Gasteiger charge is 2.15. The zero-order valence-corrected chi connectivity index (χ0v) is 15.2. The van der Waals surface area contributed by atoms with E-state index in [0.717, 1.165) is 16.9 Å². The molecular weight excluding hydrogens is 349 g/mol. The average Bonchev–Trinajstić information content (AvgIpc) is 2.54. The summed E-state index contributed by atoms with van der Waals surface area (Å²) in [7, 11) is 1.61. The molecule has 0 spiro atoms. The van der Waals surface area contributed by atoms with Gasteiger partial charge in [-0.1, -0.05) is 40.9 Å². The second kappa shape index (κ2) is 8.27. The number of carbonyl (C=O) groups excluding carboxylic acids is 1. The van der Waals surface area contributed by atoms with Crippen molar-refractivity contribution in [2.24, 2.45) is 0 Å². The lowest BCUT2D eigenvalue weighted by atomic mass is 10.0. The van der Waals surface area contributed by atoms with Crippen molar-refractivity contribution in [1.29, 1.82) is 0 Å². The van der Waals surface area contributed by atoms with Gasteiger partial charge < -0.3 is 14.8 Å². The van der Waals surface area contributed by atoms with E-state index in [0.29, 0.717) is 15.8 Å². The fraction of sp³-hybridized carbons (Fsp3) is 0.278. The van der Waals surface area contributed by atoms with Gasteiger partial charge in [0.25, 0.3) is 5.91 Å². The molecule has 0 bridgehead atoms. The maximum Gasteiger partial charge on any atom is 0.258 e. The minimum absolute atomic E-state index is 0.139. The van der Waals surface area contributed by atoms with Gasteiger partial charge in [-0.25, -0.2) is 0 Å². The highest BCUT2D eigenvalue weighted by molar-refractivity contribution is 6.35. The molecule has 0 aromatic heterocycles. The fourth-order valence-electron chi connectivity index (χ4n) is 2.29. The summed E-state index contributed by atoms with van der Waals surface area (Å²) < 4.78 is 10.8. The van der Waals surface area contributed by atoms with Crippen LogP contribution in [-0.4, -0.2) is 19.6 Å². The van der Waals surface area contributed by atoms with E-state index in [4.69, 9.17) is 32.7 Å². The molecule has 0 aliphatic carbocycles. The highest BCUT2D eigenvalue weighted by atomic mass is 35.5. The first-order valence-corrected chi connectivity index (χ1v) is 8.18. The van der Waals surface area contributed by atoms with Crippen LogP contribution < -0.4 is 14.8 Å². The SMILES string of the molecule is COc1ccc(C)cc1[C@H](C)NC(=O)COc1ccc(Cl)cc1Cl. The zero-order chi connectivity index (χ0) is 17.7. The van der Waals surface area contributed by atoms with E-state index in [2.05, 4.69) is 5.32 Å². The Kier molecular flexibility index (Phi) is 6.35. The van der Waals surface area contributed by atoms with Crippen LogP contribution in [0.5, 0.6) is 11.5 Å². The van der Waals surface area contributed by atoms with Crippen molar-refractivity contribution in [3.63, 3.8) is 0 Å². The molecule has 128 valence electrons. The molecule has 0 saturated heterocycles. The first kappa shape index (κ1) is 18.4. The van der Waals surface area contributed by atoms with Gasteiger partial charge >= 0.3 is 0 Å². The van der Waals surface area contributed by atoms with Crippen molar-refractivity contribution in [1.82, 2.24) is 5.32 Å².